The fourth-order valence-corrected chi connectivity index (χ4v) is 1.55. The maximum atomic E-state index is 10.8. The van der Waals surface area contributed by atoms with Gasteiger partial charge in [-0.15, -0.1) is 0 Å². The lowest BCUT2D eigenvalue weighted by Crippen LogP contribution is -2.25. The summed E-state index contributed by atoms with van der Waals surface area (Å²) in [6.07, 6.45) is -0.732. The van der Waals surface area contributed by atoms with E-state index in [0.717, 1.165) is 0 Å². The van der Waals surface area contributed by atoms with Crippen LogP contribution >= 0.6 is 0 Å². The number of rotatable bonds is 7. The zero-order chi connectivity index (χ0) is 15.1. The molecule has 8 nitrogen and oxygen atoms in total. The third-order valence-corrected chi connectivity index (χ3v) is 2.58. The van der Waals surface area contributed by atoms with Gasteiger partial charge in [0.15, 0.2) is 0 Å². The van der Waals surface area contributed by atoms with E-state index >= 15 is 0 Å². The first-order valence-electron chi connectivity index (χ1n) is 5.65. The molecule has 0 saturated carbocycles. The highest BCUT2D eigenvalue weighted by Crippen LogP contribution is 2.22. The van der Waals surface area contributed by atoms with Crippen LogP contribution in [-0.4, -0.2) is 35.8 Å². The standard InChI is InChI=1S/C12H13N3O5/c1-20-10(5-12(16)17)7-14-9-3-2-8(6-13)11(4-9)15(18)19/h2-4,10,14H,5,7H2,1H3,(H,16,17). The van der Waals surface area contributed by atoms with Gasteiger partial charge >= 0.3 is 5.97 Å². The Morgan fingerprint density at radius 1 is 1.65 bits per heavy atom. The van der Waals surface area contributed by atoms with Gasteiger partial charge < -0.3 is 15.2 Å². The summed E-state index contributed by atoms with van der Waals surface area (Å²) in [5.41, 5.74) is 0.0854. The van der Waals surface area contributed by atoms with Gasteiger partial charge in [-0.05, 0) is 12.1 Å². The van der Waals surface area contributed by atoms with Gasteiger partial charge in [0.2, 0.25) is 0 Å². The summed E-state index contributed by atoms with van der Waals surface area (Å²) >= 11 is 0. The molecule has 1 aromatic carbocycles. The van der Waals surface area contributed by atoms with Gasteiger partial charge in [0.25, 0.3) is 5.69 Å². The number of nitro benzene ring substituents is 1. The molecule has 0 bridgehead atoms. The molecule has 0 aliphatic heterocycles. The number of nitriles is 1. The highest BCUT2D eigenvalue weighted by atomic mass is 16.6. The lowest BCUT2D eigenvalue weighted by atomic mass is 10.1. The zero-order valence-electron chi connectivity index (χ0n) is 10.7. The zero-order valence-corrected chi connectivity index (χ0v) is 10.7. The molecule has 0 saturated heterocycles. The van der Waals surface area contributed by atoms with Gasteiger partial charge in [-0.1, -0.05) is 0 Å². The predicted molar refractivity (Wildman–Crippen MR) is 69.4 cm³/mol. The van der Waals surface area contributed by atoms with E-state index in [1.54, 1.807) is 6.07 Å². The second-order valence-corrected chi connectivity index (χ2v) is 3.94. The van der Waals surface area contributed by atoms with Gasteiger partial charge in [0.05, 0.1) is 17.4 Å². The number of anilines is 1. The first kappa shape index (κ1) is 15.4. The maximum absolute atomic E-state index is 10.8. The van der Waals surface area contributed by atoms with Crippen molar-refractivity contribution in [2.45, 2.75) is 12.5 Å². The Hall–Kier alpha value is -2.66. The largest absolute Gasteiger partial charge is 0.481 e. The number of nitro groups is 1. The van der Waals surface area contributed by atoms with Crippen LogP contribution in [0.15, 0.2) is 18.2 Å². The lowest BCUT2D eigenvalue weighted by Gasteiger charge is -2.14. The van der Waals surface area contributed by atoms with Crippen molar-refractivity contribution in [2.24, 2.45) is 0 Å². The quantitative estimate of drug-likeness (QED) is 0.570. The third kappa shape index (κ3) is 4.22. The smallest absolute Gasteiger partial charge is 0.306 e. The highest BCUT2D eigenvalue weighted by molar-refractivity contribution is 5.67. The summed E-state index contributed by atoms with van der Waals surface area (Å²) in [7, 11) is 1.39. The molecule has 20 heavy (non-hydrogen) atoms. The molecule has 1 unspecified atom stereocenters. The molecular formula is C12H13N3O5. The summed E-state index contributed by atoms with van der Waals surface area (Å²) < 4.78 is 4.98. The first-order chi connectivity index (χ1) is 9.47. The van der Waals surface area contributed by atoms with Crippen molar-refractivity contribution in [3.05, 3.63) is 33.9 Å². The monoisotopic (exact) mass is 279 g/mol. The summed E-state index contributed by atoms with van der Waals surface area (Å²) in [6.45, 7) is 0.186. The van der Waals surface area contributed by atoms with Crippen LogP contribution in [0.5, 0.6) is 0 Å². The molecule has 0 spiro atoms. The van der Waals surface area contributed by atoms with Crippen molar-refractivity contribution < 1.29 is 19.6 Å². The molecule has 1 aromatic rings. The van der Waals surface area contributed by atoms with E-state index in [2.05, 4.69) is 5.32 Å². The van der Waals surface area contributed by atoms with E-state index in [1.165, 1.54) is 25.3 Å². The van der Waals surface area contributed by atoms with Crippen molar-refractivity contribution >= 4 is 17.3 Å². The van der Waals surface area contributed by atoms with Crippen LogP contribution in [-0.2, 0) is 9.53 Å². The van der Waals surface area contributed by atoms with E-state index in [-0.39, 0.29) is 24.2 Å². The van der Waals surface area contributed by atoms with E-state index < -0.39 is 17.0 Å². The Balaban J connectivity index is 2.78. The average molecular weight is 279 g/mol. The molecule has 8 heteroatoms. The summed E-state index contributed by atoms with van der Waals surface area (Å²) in [6, 6.07) is 5.81. The number of hydrogen-bond donors (Lipinski definition) is 2. The van der Waals surface area contributed by atoms with E-state index in [0.29, 0.717) is 5.69 Å². The number of hydrogen-bond acceptors (Lipinski definition) is 6. The van der Waals surface area contributed by atoms with E-state index in [4.69, 9.17) is 15.1 Å². The fourth-order valence-electron chi connectivity index (χ4n) is 1.55. The van der Waals surface area contributed by atoms with Crippen LogP contribution in [0.25, 0.3) is 0 Å². The Labute approximate surface area is 114 Å². The Bertz CT molecular complexity index is 553. The number of carboxylic acid groups (broad SMARTS) is 1. The normalized spacial score (nSPS) is 11.4. The minimum atomic E-state index is -0.996. The van der Waals surface area contributed by atoms with Crippen LogP contribution in [0, 0.1) is 21.4 Å². The number of nitrogens with zero attached hydrogens (tertiary/aromatic N) is 2. The Morgan fingerprint density at radius 2 is 2.35 bits per heavy atom. The summed E-state index contributed by atoms with van der Waals surface area (Å²) in [5, 5.41) is 31.1. The maximum Gasteiger partial charge on any atom is 0.306 e. The summed E-state index contributed by atoms with van der Waals surface area (Å²) in [5.74, 6) is -0.996. The molecule has 2 N–H and O–H groups in total. The number of aliphatic carboxylic acids is 1. The molecule has 1 rings (SSSR count). The molecule has 0 aliphatic rings. The molecular weight excluding hydrogens is 266 g/mol. The van der Waals surface area contributed by atoms with Crippen molar-refractivity contribution in [2.75, 3.05) is 19.0 Å². The van der Waals surface area contributed by atoms with E-state index in [1.807, 2.05) is 0 Å². The van der Waals surface area contributed by atoms with Gasteiger partial charge in [-0.3, -0.25) is 14.9 Å². The van der Waals surface area contributed by atoms with Crippen molar-refractivity contribution in [1.29, 1.82) is 5.26 Å². The molecule has 0 fully saturated rings. The number of carbonyl (C=O) groups is 1. The van der Waals surface area contributed by atoms with Crippen molar-refractivity contribution in [3.8, 4) is 6.07 Å². The number of ether oxygens (including phenoxy) is 1. The van der Waals surface area contributed by atoms with Crippen LogP contribution in [0.4, 0.5) is 11.4 Å². The second-order valence-electron chi connectivity index (χ2n) is 3.94. The average Bonchev–Trinajstić information content (AvgIpc) is 2.42. The Kier molecular flexibility index (Phi) is 5.43. The third-order valence-electron chi connectivity index (χ3n) is 2.58. The van der Waals surface area contributed by atoms with Crippen LogP contribution in [0.3, 0.4) is 0 Å². The van der Waals surface area contributed by atoms with Crippen molar-refractivity contribution in [1.82, 2.24) is 0 Å². The molecule has 0 aromatic heterocycles. The van der Waals surface area contributed by atoms with Gasteiger partial charge in [-0.2, -0.15) is 5.26 Å². The number of carboxylic acids is 1. The topological polar surface area (TPSA) is 125 Å². The molecule has 0 amide bonds. The minimum absolute atomic E-state index is 0.0330. The second kappa shape index (κ2) is 7.06. The SMILES string of the molecule is COC(CNc1ccc(C#N)c([N+](=O)[O-])c1)CC(=O)O. The first-order valence-corrected chi connectivity index (χ1v) is 5.65. The number of benzene rings is 1. The molecule has 0 radical (unpaired) electrons. The van der Waals surface area contributed by atoms with Gasteiger partial charge in [0.1, 0.15) is 11.6 Å². The number of methoxy groups -OCH3 is 1. The molecule has 1 atom stereocenters. The molecule has 0 aliphatic carbocycles. The van der Waals surface area contributed by atoms with Crippen LogP contribution < -0.4 is 5.32 Å². The number of nitrogens with one attached hydrogen (secondary N) is 1. The molecule has 106 valence electrons. The highest BCUT2D eigenvalue weighted by Gasteiger charge is 2.16. The fraction of sp³-hybridized carbons (Fsp3) is 0.333. The van der Waals surface area contributed by atoms with Gasteiger partial charge in [0, 0.05) is 25.4 Å². The minimum Gasteiger partial charge on any atom is -0.481 e. The lowest BCUT2D eigenvalue weighted by molar-refractivity contribution is -0.385. The van der Waals surface area contributed by atoms with Gasteiger partial charge in [-0.25, -0.2) is 0 Å². The van der Waals surface area contributed by atoms with Crippen LogP contribution in [0.1, 0.15) is 12.0 Å². The van der Waals surface area contributed by atoms with Crippen LogP contribution in [0.2, 0.25) is 0 Å². The van der Waals surface area contributed by atoms with E-state index in [9.17, 15) is 14.9 Å². The summed E-state index contributed by atoms with van der Waals surface area (Å²) in [4.78, 5) is 20.7. The van der Waals surface area contributed by atoms with Crippen molar-refractivity contribution in [3.63, 3.8) is 0 Å². The molecule has 0 heterocycles. The Morgan fingerprint density at radius 3 is 2.85 bits per heavy atom. The predicted octanol–water partition coefficient (Wildman–Crippen LogP) is 1.37.